The van der Waals surface area contributed by atoms with E-state index >= 15 is 0 Å². The van der Waals surface area contributed by atoms with Crippen LogP contribution in [0.1, 0.15) is 10.4 Å². The number of methoxy groups -OCH3 is 1. The molecule has 0 aliphatic rings. The number of hydrogen-bond donors (Lipinski definition) is 1. The zero-order valence-corrected chi connectivity index (χ0v) is 10.6. The van der Waals surface area contributed by atoms with Gasteiger partial charge in [-0.25, -0.2) is 14.3 Å². The van der Waals surface area contributed by atoms with Gasteiger partial charge in [-0.2, -0.15) is 0 Å². The Morgan fingerprint density at radius 2 is 2.00 bits per heavy atom. The standard InChI is InChI=1S/C14H11N3O3/c1-20-14(19)10-6-7-17-12(8-10)15-13(16-17)9-2-4-11(18)5-3-9/h2-8,18H,1H3. The van der Waals surface area contributed by atoms with E-state index in [0.717, 1.165) is 5.56 Å². The molecule has 0 amide bonds. The van der Waals surface area contributed by atoms with Crippen LogP contribution in [0.15, 0.2) is 42.6 Å². The molecule has 6 nitrogen and oxygen atoms in total. The number of hydrogen-bond acceptors (Lipinski definition) is 5. The molecule has 0 aliphatic carbocycles. The van der Waals surface area contributed by atoms with Gasteiger partial charge >= 0.3 is 5.97 Å². The fourth-order valence-corrected chi connectivity index (χ4v) is 1.86. The highest BCUT2D eigenvalue weighted by Gasteiger charge is 2.10. The fourth-order valence-electron chi connectivity index (χ4n) is 1.86. The smallest absolute Gasteiger partial charge is 0.338 e. The Balaban J connectivity index is 2.06. The minimum absolute atomic E-state index is 0.186. The minimum atomic E-state index is -0.415. The average molecular weight is 269 g/mol. The van der Waals surface area contributed by atoms with Crippen molar-refractivity contribution in [2.24, 2.45) is 0 Å². The predicted molar refractivity (Wildman–Crippen MR) is 71.4 cm³/mol. The van der Waals surface area contributed by atoms with Gasteiger partial charge in [0.15, 0.2) is 11.5 Å². The highest BCUT2D eigenvalue weighted by atomic mass is 16.5. The maximum atomic E-state index is 11.5. The summed E-state index contributed by atoms with van der Waals surface area (Å²) < 4.78 is 6.24. The molecule has 2 aromatic heterocycles. The Labute approximate surface area is 114 Å². The van der Waals surface area contributed by atoms with Crippen LogP contribution in [0.25, 0.3) is 17.0 Å². The van der Waals surface area contributed by atoms with Crippen LogP contribution in [0.5, 0.6) is 5.75 Å². The molecule has 0 bridgehead atoms. The van der Waals surface area contributed by atoms with Gasteiger partial charge in [0.05, 0.1) is 12.7 Å². The number of phenolic OH excluding ortho intramolecular Hbond substituents is 1. The zero-order chi connectivity index (χ0) is 14.1. The van der Waals surface area contributed by atoms with Gasteiger partial charge in [-0.3, -0.25) is 0 Å². The molecule has 20 heavy (non-hydrogen) atoms. The quantitative estimate of drug-likeness (QED) is 0.719. The number of aromatic nitrogens is 3. The molecule has 0 saturated heterocycles. The van der Waals surface area contributed by atoms with Crippen LogP contribution < -0.4 is 0 Å². The molecule has 0 unspecified atom stereocenters. The number of ether oxygens (including phenoxy) is 1. The summed E-state index contributed by atoms with van der Waals surface area (Å²) in [6, 6.07) is 9.83. The van der Waals surface area contributed by atoms with Crippen LogP contribution >= 0.6 is 0 Å². The van der Waals surface area contributed by atoms with Crippen molar-refractivity contribution in [1.29, 1.82) is 0 Å². The third kappa shape index (κ3) is 2.07. The molecule has 3 aromatic rings. The van der Waals surface area contributed by atoms with Crippen molar-refractivity contribution in [1.82, 2.24) is 14.6 Å². The second kappa shape index (κ2) is 4.65. The monoisotopic (exact) mass is 269 g/mol. The van der Waals surface area contributed by atoms with Gasteiger partial charge in [-0.05, 0) is 36.4 Å². The molecule has 2 heterocycles. The first-order chi connectivity index (χ1) is 9.67. The van der Waals surface area contributed by atoms with Crippen LogP contribution in [0.3, 0.4) is 0 Å². The minimum Gasteiger partial charge on any atom is -0.508 e. The summed E-state index contributed by atoms with van der Waals surface area (Å²) in [5.74, 6) is 0.291. The summed E-state index contributed by atoms with van der Waals surface area (Å²) in [7, 11) is 1.33. The van der Waals surface area contributed by atoms with E-state index in [1.807, 2.05) is 0 Å². The topological polar surface area (TPSA) is 76.7 Å². The maximum Gasteiger partial charge on any atom is 0.338 e. The molecule has 3 rings (SSSR count). The number of rotatable bonds is 2. The number of aromatic hydroxyl groups is 1. The van der Waals surface area contributed by atoms with Gasteiger partial charge < -0.3 is 9.84 Å². The van der Waals surface area contributed by atoms with E-state index in [1.165, 1.54) is 7.11 Å². The second-order valence-electron chi connectivity index (χ2n) is 4.19. The number of fused-ring (bicyclic) bond motifs is 1. The van der Waals surface area contributed by atoms with Crippen molar-refractivity contribution in [2.75, 3.05) is 7.11 Å². The van der Waals surface area contributed by atoms with Gasteiger partial charge in [0.1, 0.15) is 5.75 Å². The molecule has 1 N–H and O–H groups in total. The predicted octanol–water partition coefficient (Wildman–Crippen LogP) is 1.89. The number of carbonyl (C=O) groups is 1. The molecule has 0 spiro atoms. The summed E-state index contributed by atoms with van der Waals surface area (Å²) in [5, 5.41) is 13.6. The summed E-state index contributed by atoms with van der Waals surface area (Å²) in [4.78, 5) is 15.8. The number of esters is 1. The van der Waals surface area contributed by atoms with Crippen LogP contribution in [0, 0.1) is 0 Å². The van der Waals surface area contributed by atoms with Crippen molar-refractivity contribution in [3.8, 4) is 17.1 Å². The molecule has 6 heteroatoms. The lowest BCUT2D eigenvalue weighted by molar-refractivity contribution is 0.0600. The normalized spacial score (nSPS) is 10.7. The van der Waals surface area contributed by atoms with E-state index in [2.05, 4.69) is 14.8 Å². The highest BCUT2D eigenvalue weighted by Crippen LogP contribution is 2.19. The Bertz CT molecular complexity index is 778. The Kier molecular flexibility index (Phi) is 2.83. The number of phenols is 1. The number of benzene rings is 1. The fraction of sp³-hybridized carbons (Fsp3) is 0.0714. The van der Waals surface area contributed by atoms with Gasteiger partial charge in [0.2, 0.25) is 0 Å². The average Bonchev–Trinajstić information content (AvgIpc) is 2.90. The van der Waals surface area contributed by atoms with Crippen LogP contribution in [-0.4, -0.2) is 32.8 Å². The first-order valence-corrected chi connectivity index (χ1v) is 5.91. The van der Waals surface area contributed by atoms with Gasteiger partial charge in [0.25, 0.3) is 0 Å². The molecule has 0 fully saturated rings. The van der Waals surface area contributed by atoms with E-state index < -0.39 is 5.97 Å². The molecule has 0 radical (unpaired) electrons. The van der Waals surface area contributed by atoms with E-state index in [0.29, 0.717) is 17.0 Å². The lowest BCUT2D eigenvalue weighted by Crippen LogP contribution is -2.02. The van der Waals surface area contributed by atoms with Gasteiger partial charge in [-0.1, -0.05) is 0 Å². The molecule has 0 aliphatic heterocycles. The van der Waals surface area contributed by atoms with Crippen molar-refractivity contribution in [3.63, 3.8) is 0 Å². The van der Waals surface area contributed by atoms with Gasteiger partial charge in [-0.15, -0.1) is 5.10 Å². The Hall–Kier alpha value is -2.89. The highest BCUT2D eigenvalue weighted by molar-refractivity contribution is 5.90. The van der Waals surface area contributed by atoms with Crippen molar-refractivity contribution >= 4 is 11.6 Å². The lowest BCUT2D eigenvalue weighted by Gasteiger charge is -1.97. The summed E-state index contributed by atoms with van der Waals surface area (Å²) in [6.07, 6.45) is 1.65. The summed E-state index contributed by atoms with van der Waals surface area (Å²) in [6.45, 7) is 0. The SMILES string of the molecule is COC(=O)c1ccn2nc(-c3ccc(O)cc3)nc2c1. The molecule has 100 valence electrons. The number of nitrogens with zero attached hydrogens (tertiary/aromatic N) is 3. The van der Waals surface area contributed by atoms with Crippen LogP contribution in [0.4, 0.5) is 0 Å². The molecular formula is C14H11N3O3. The van der Waals surface area contributed by atoms with E-state index in [4.69, 9.17) is 0 Å². The van der Waals surface area contributed by atoms with E-state index in [-0.39, 0.29) is 5.75 Å². The number of pyridine rings is 1. The lowest BCUT2D eigenvalue weighted by atomic mass is 10.2. The van der Waals surface area contributed by atoms with Crippen molar-refractivity contribution in [2.45, 2.75) is 0 Å². The van der Waals surface area contributed by atoms with Crippen molar-refractivity contribution in [3.05, 3.63) is 48.2 Å². The Morgan fingerprint density at radius 3 is 2.70 bits per heavy atom. The first-order valence-electron chi connectivity index (χ1n) is 5.91. The molecule has 0 saturated carbocycles. The first kappa shape index (κ1) is 12.2. The van der Waals surface area contributed by atoms with Gasteiger partial charge in [0, 0.05) is 11.8 Å². The third-order valence-corrected chi connectivity index (χ3v) is 2.88. The van der Waals surface area contributed by atoms with E-state index in [9.17, 15) is 9.90 Å². The molecule has 0 atom stereocenters. The maximum absolute atomic E-state index is 11.5. The van der Waals surface area contributed by atoms with Crippen molar-refractivity contribution < 1.29 is 14.6 Å². The largest absolute Gasteiger partial charge is 0.508 e. The zero-order valence-electron chi connectivity index (χ0n) is 10.6. The third-order valence-electron chi connectivity index (χ3n) is 2.88. The molecular weight excluding hydrogens is 258 g/mol. The Morgan fingerprint density at radius 1 is 1.25 bits per heavy atom. The number of carbonyl (C=O) groups excluding carboxylic acids is 1. The summed E-state index contributed by atoms with van der Waals surface area (Å²) in [5.41, 5.74) is 1.76. The second-order valence-corrected chi connectivity index (χ2v) is 4.19. The van der Waals surface area contributed by atoms with E-state index in [1.54, 1.807) is 47.1 Å². The van der Waals surface area contributed by atoms with Crippen LogP contribution in [-0.2, 0) is 4.74 Å². The summed E-state index contributed by atoms with van der Waals surface area (Å²) >= 11 is 0. The van der Waals surface area contributed by atoms with Crippen LogP contribution in [0.2, 0.25) is 0 Å². The molecule has 1 aromatic carbocycles.